The third-order valence-electron chi connectivity index (χ3n) is 3.66. The Morgan fingerprint density at radius 2 is 1.59 bits per heavy atom. The quantitative estimate of drug-likeness (QED) is 0.910. The molecule has 6 heteroatoms. The van der Waals surface area contributed by atoms with E-state index >= 15 is 0 Å². The summed E-state index contributed by atoms with van der Waals surface area (Å²) in [7, 11) is -2.23. The molecule has 0 aliphatic rings. The summed E-state index contributed by atoms with van der Waals surface area (Å²) in [6.07, 6.45) is -0.909. The Bertz CT molecular complexity index is 717. The maximum Gasteiger partial charge on any atom is 0.243 e. The smallest absolute Gasteiger partial charge is 0.243 e. The van der Waals surface area contributed by atoms with Crippen LogP contribution in [0.4, 0.5) is 0 Å². The number of nitrogens with zero attached hydrogens (tertiary/aromatic N) is 1. The molecule has 0 heterocycles. The maximum absolute atomic E-state index is 12.6. The number of hydrogen-bond acceptors (Lipinski definition) is 3. The van der Waals surface area contributed by atoms with Crippen molar-refractivity contribution in [3.8, 4) is 0 Å². The number of sulfonamides is 1. The molecule has 0 fully saturated rings. The normalized spacial score (nSPS) is 14.8. The lowest BCUT2D eigenvalue weighted by atomic mass is 10.0. The van der Waals surface area contributed by atoms with E-state index in [-0.39, 0.29) is 4.90 Å². The first-order valence-corrected chi connectivity index (χ1v) is 8.62. The van der Waals surface area contributed by atoms with Gasteiger partial charge >= 0.3 is 0 Å². The summed E-state index contributed by atoms with van der Waals surface area (Å²) < 4.78 is 26.4. The number of benzene rings is 2. The van der Waals surface area contributed by atoms with E-state index in [0.717, 1.165) is 0 Å². The highest BCUT2D eigenvalue weighted by atomic mass is 35.5. The Hall–Kier alpha value is -1.40. The van der Waals surface area contributed by atoms with Crippen LogP contribution in [0.25, 0.3) is 0 Å². The van der Waals surface area contributed by atoms with Crippen LogP contribution in [0, 0.1) is 0 Å². The van der Waals surface area contributed by atoms with E-state index in [0.29, 0.717) is 10.6 Å². The molecule has 0 spiro atoms. The largest absolute Gasteiger partial charge is 0.387 e. The summed E-state index contributed by atoms with van der Waals surface area (Å²) in [5.41, 5.74) is 0.674. The average Bonchev–Trinajstić information content (AvgIpc) is 2.54. The van der Waals surface area contributed by atoms with Gasteiger partial charge in [0.05, 0.1) is 17.0 Å². The van der Waals surface area contributed by atoms with Crippen molar-refractivity contribution in [3.63, 3.8) is 0 Å². The third kappa shape index (κ3) is 3.50. The number of halogens is 1. The zero-order valence-electron chi connectivity index (χ0n) is 12.3. The van der Waals surface area contributed by atoms with E-state index in [1.54, 1.807) is 31.2 Å². The molecule has 4 nitrogen and oxygen atoms in total. The Labute approximate surface area is 136 Å². The fourth-order valence-electron chi connectivity index (χ4n) is 2.12. The van der Waals surface area contributed by atoms with Crippen molar-refractivity contribution in [1.29, 1.82) is 0 Å². The van der Waals surface area contributed by atoms with Gasteiger partial charge in [-0.25, -0.2) is 8.42 Å². The van der Waals surface area contributed by atoms with Crippen molar-refractivity contribution < 1.29 is 13.5 Å². The standard InChI is InChI=1S/C16H18ClNO3S/c1-12(16(19)13-6-4-3-5-7-13)18(2)22(20,21)15-10-8-14(17)9-11-15/h3-12,16,19H,1-2H3. The Morgan fingerprint density at radius 3 is 2.14 bits per heavy atom. The first kappa shape index (κ1) is 17.0. The fraction of sp³-hybridized carbons (Fsp3) is 0.250. The number of rotatable bonds is 5. The SMILES string of the molecule is CC(C(O)c1ccccc1)N(C)S(=O)(=O)c1ccc(Cl)cc1. The zero-order chi connectivity index (χ0) is 16.3. The summed E-state index contributed by atoms with van der Waals surface area (Å²) >= 11 is 5.79. The van der Waals surface area contributed by atoms with Gasteiger partial charge in [-0.05, 0) is 36.8 Å². The van der Waals surface area contributed by atoms with Gasteiger partial charge in [-0.2, -0.15) is 4.31 Å². The second kappa shape index (κ2) is 6.79. The van der Waals surface area contributed by atoms with E-state index in [9.17, 15) is 13.5 Å². The summed E-state index contributed by atoms with van der Waals surface area (Å²) in [5, 5.41) is 10.9. The second-order valence-electron chi connectivity index (χ2n) is 5.07. The van der Waals surface area contributed by atoms with Gasteiger partial charge in [0.25, 0.3) is 0 Å². The second-order valence-corrected chi connectivity index (χ2v) is 7.51. The van der Waals surface area contributed by atoms with Crippen molar-refractivity contribution in [2.45, 2.75) is 24.0 Å². The van der Waals surface area contributed by atoms with Crippen LogP contribution in [0.3, 0.4) is 0 Å². The number of hydrogen-bond donors (Lipinski definition) is 1. The lowest BCUT2D eigenvalue weighted by Crippen LogP contribution is -2.39. The van der Waals surface area contributed by atoms with Crippen LogP contribution in [0.5, 0.6) is 0 Å². The Kier molecular flexibility index (Phi) is 5.24. The molecule has 0 aliphatic heterocycles. The van der Waals surface area contributed by atoms with Gasteiger partial charge in [0.15, 0.2) is 0 Å². The summed E-state index contributed by atoms with van der Waals surface area (Å²) in [6.45, 7) is 1.67. The van der Waals surface area contributed by atoms with Gasteiger partial charge in [-0.15, -0.1) is 0 Å². The van der Waals surface area contributed by atoms with Gasteiger partial charge in [0.2, 0.25) is 10.0 Å². The van der Waals surface area contributed by atoms with Crippen LogP contribution >= 0.6 is 11.6 Å². The van der Waals surface area contributed by atoms with Gasteiger partial charge in [-0.1, -0.05) is 41.9 Å². The topological polar surface area (TPSA) is 57.6 Å². The highest BCUT2D eigenvalue weighted by Gasteiger charge is 2.30. The molecule has 22 heavy (non-hydrogen) atoms. The van der Waals surface area contributed by atoms with E-state index in [4.69, 9.17) is 11.6 Å². The minimum Gasteiger partial charge on any atom is -0.387 e. The molecule has 2 atom stereocenters. The molecule has 2 unspecified atom stereocenters. The molecule has 0 aromatic heterocycles. The Balaban J connectivity index is 2.26. The molecule has 0 amide bonds. The first-order valence-electron chi connectivity index (χ1n) is 6.80. The Morgan fingerprint density at radius 1 is 1.05 bits per heavy atom. The molecule has 2 rings (SSSR count). The molecular formula is C16H18ClNO3S. The molecule has 2 aromatic carbocycles. The maximum atomic E-state index is 12.6. The number of aliphatic hydroxyl groups excluding tert-OH is 1. The first-order chi connectivity index (χ1) is 10.3. The van der Waals surface area contributed by atoms with Crippen molar-refractivity contribution in [2.24, 2.45) is 0 Å². The molecule has 0 radical (unpaired) electrons. The lowest BCUT2D eigenvalue weighted by molar-refractivity contribution is 0.108. The molecule has 0 aliphatic carbocycles. The zero-order valence-corrected chi connectivity index (χ0v) is 13.9. The minimum atomic E-state index is -3.69. The van der Waals surface area contributed by atoms with E-state index < -0.39 is 22.2 Å². The molecular weight excluding hydrogens is 322 g/mol. The molecule has 2 aromatic rings. The number of aliphatic hydroxyl groups is 1. The van der Waals surface area contributed by atoms with Crippen molar-refractivity contribution >= 4 is 21.6 Å². The predicted octanol–water partition coefficient (Wildman–Crippen LogP) is 3.08. The highest BCUT2D eigenvalue weighted by molar-refractivity contribution is 7.89. The van der Waals surface area contributed by atoms with Crippen LogP contribution in [0.1, 0.15) is 18.6 Å². The summed E-state index contributed by atoms with van der Waals surface area (Å²) in [5.74, 6) is 0. The minimum absolute atomic E-state index is 0.145. The van der Waals surface area contributed by atoms with Crippen LogP contribution in [-0.4, -0.2) is 30.9 Å². The molecule has 1 N–H and O–H groups in total. The van der Waals surface area contributed by atoms with E-state index in [1.165, 1.54) is 35.6 Å². The van der Waals surface area contributed by atoms with Gasteiger partial charge in [-0.3, -0.25) is 0 Å². The number of likely N-dealkylation sites (N-methyl/N-ethyl adjacent to an activating group) is 1. The van der Waals surface area contributed by atoms with E-state index in [2.05, 4.69) is 0 Å². The van der Waals surface area contributed by atoms with Gasteiger partial charge in [0.1, 0.15) is 0 Å². The van der Waals surface area contributed by atoms with Crippen LogP contribution < -0.4 is 0 Å². The van der Waals surface area contributed by atoms with Gasteiger partial charge in [0, 0.05) is 12.1 Å². The van der Waals surface area contributed by atoms with Crippen LogP contribution in [0.15, 0.2) is 59.5 Å². The van der Waals surface area contributed by atoms with Crippen molar-refractivity contribution in [1.82, 2.24) is 4.31 Å². The average molecular weight is 340 g/mol. The fourth-order valence-corrected chi connectivity index (χ4v) is 3.61. The summed E-state index contributed by atoms with van der Waals surface area (Å²) in [4.78, 5) is 0.145. The van der Waals surface area contributed by atoms with Crippen LogP contribution in [-0.2, 0) is 10.0 Å². The van der Waals surface area contributed by atoms with Crippen molar-refractivity contribution in [3.05, 3.63) is 65.2 Å². The lowest BCUT2D eigenvalue weighted by Gasteiger charge is -2.28. The third-order valence-corrected chi connectivity index (χ3v) is 5.87. The molecule has 118 valence electrons. The highest BCUT2D eigenvalue weighted by Crippen LogP contribution is 2.25. The monoisotopic (exact) mass is 339 g/mol. The predicted molar refractivity (Wildman–Crippen MR) is 87.3 cm³/mol. The van der Waals surface area contributed by atoms with Crippen molar-refractivity contribution in [2.75, 3.05) is 7.05 Å². The molecule has 0 saturated heterocycles. The molecule has 0 saturated carbocycles. The summed E-state index contributed by atoms with van der Waals surface area (Å²) in [6, 6.07) is 14.3. The molecule has 0 bridgehead atoms. The van der Waals surface area contributed by atoms with E-state index in [1.807, 2.05) is 6.07 Å². The van der Waals surface area contributed by atoms with Crippen LogP contribution in [0.2, 0.25) is 5.02 Å². The van der Waals surface area contributed by atoms with Gasteiger partial charge < -0.3 is 5.11 Å².